The fourth-order valence-corrected chi connectivity index (χ4v) is 1.28. The van der Waals surface area contributed by atoms with E-state index in [1.807, 2.05) is 25.1 Å². The van der Waals surface area contributed by atoms with E-state index in [4.69, 9.17) is 26.8 Å². The number of hydrogen-bond acceptors (Lipinski definition) is 3. The highest BCUT2D eigenvalue weighted by Crippen LogP contribution is 2.28. The molecule has 0 aliphatic rings. The number of benzene rings is 1. The molecule has 0 saturated carbocycles. The largest absolute Gasteiger partial charge is 0.490 e. The monoisotopic (exact) mass is 241 g/mol. The Balaban J connectivity index is 2.84. The van der Waals surface area contributed by atoms with Crippen molar-refractivity contribution in [2.24, 2.45) is 5.73 Å². The molecule has 1 aromatic rings. The SMILES string of the molecule is C=C(Cl)COc1ccc(CN)cc1OCC. The van der Waals surface area contributed by atoms with Crippen molar-refractivity contribution in [3.63, 3.8) is 0 Å². The normalized spacial score (nSPS) is 9.94. The van der Waals surface area contributed by atoms with Gasteiger partial charge in [0.1, 0.15) is 6.61 Å². The van der Waals surface area contributed by atoms with Crippen LogP contribution in [0.15, 0.2) is 29.8 Å². The molecule has 1 aromatic carbocycles. The van der Waals surface area contributed by atoms with E-state index in [-0.39, 0.29) is 6.61 Å². The van der Waals surface area contributed by atoms with E-state index in [1.54, 1.807) is 0 Å². The summed E-state index contributed by atoms with van der Waals surface area (Å²) in [6.07, 6.45) is 0. The average molecular weight is 242 g/mol. The Hall–Kier alpha value is -1.19. The first-order valence-corrected chi connectivity index (χ1v) is 5.47. The molecule has 0 fully saturated rings. The second kappa shape index (κ2) is 6.40. The molecule has 0 unspecified atom stereocenters. The maximum atomic E-state index is 5.64. The molecule has 1 rings (SSSR count). The third kappa shape index (κ3) is 3.76. The van der Waals surface area contributed by atoms with E-state index in [9.17, 15) is 0 Å². The number of nitrogens with two attached hydrogens (primary N) is 1. The molecule has 0 heterocycles. The molecule has 4 heteroatoms. The summed E-state index contributed by atoms with van der Waals surface area (Å²) in [5.74, 6) is 1.34. The van der Waals surface area contributed by atoms with Crippen LogP contribution in [-0.2, 0) is 6.54 Å². The highest BCUT2D eigenvalue weighted by molar-refractivity contribution is 6.29. The molecule has 0 aliphatic heterocycles. The van der Waals surface area contributed by atoms with Gasteiger partial charge in [0, 0.05) is 11.6 Å². The molecule has 0 saturated heterocycles. The summed E-state index contributed by atoms with van der Waals surface area (Å²) in [6, 6.07) is 5.59. The van der Waals surface area contributed by atoms with Crippen molar-refractivity contribution in [1.82, 2.24) is 0 Å². The molecular weight excluding hydrogens is 226 g/mol. The highest BCUT2D eigenvalue weighted by atomic mass is 35.5. The van der Waals surface area contributed by atoms with Gasteiger partial charge in [0.25, 0.3) is 0 Å². The van der Waals surface area contributed by atoms with Gasteiger partial charge in [0.15, 0.2) is 11.5 Å². The summed E-state index contributed by atoms with van der Waals surface area (Å²) >= 11 is 5.64. The van der Waals surface area contributed by atoms with Crippen molar-refractivity contribution in [3.05, 3.63) is 35.4 Å². The summed E-state index contributed by atoms with van der Waals surface area (Å²) in [5.41, 5.74) is 6.56. The molecule has 2 N–H and O–H groups in total. The molecule has 0 amide bonds. The second-order valence-corrected chi connectivity index (χ2v) is 3.76. The van der Waals surface area contributed by atoms with Crippen LogP contribution in [-0.4, -0.2) is 13.2 Å². The topological polar surface area (TPSA) is 44.5 Å². The third-order valence-corrected chi connectivity index (χ3v) is 2.04. The Labute approximate surface area is 101 Å². The van der Waals surface area contributed by atoms with E-state index in [0.29, 0.717) is 29.7 Å². The van der Waals surface area contributed by atoms with E-state index in [1.165, 1.54) is 0 Å². The Morgan fingerprint density at radius 2 is 2.12 bits per heavy atom. The zero-order valence-corrected chi connectivity index (χ0v) is 10.1. The van der Waals surface area contributed by atoms with Crippen molar-refractivity contribution in [1.29, 1.82) is 0 Å². The molecular formula is C12H16ClNO2. The summed E-state index contributed by atoms with van der Waals surface area (Å²) in [7, 11) is 0. The molecule has 0 spiro atoms. The van der Waals surface area contributed by atoms with Crippen LogP contribution in [0.5, 0.6) is 11.5 Å². The molecule has 16 heavy (non-hydrogen) atoms. The first-order chi connectivity index (χ1) is 7.67. The van der Waals surface area contributed by atoms with Gasteiger partial charge in [-0.25, -0.2) is 0 Å². The van der Waals surface area contributed by atoms with Gasteiger partial charge in [-0.05, 0) is 24.6 Å². The van der Waals surface area contributed by atoms with Gasteiger partial charge in [0.2, 0.25) is 0 Å². The van der Waals surface area contributed by atoms with E-state index in [0.717, 1.165) is 5.56 Å². The minimum atomic E-state index is 0.267. The first-order valence-electron chi connectivity index (χ1n) is 5.09. The van der Waals surface area contributed by atoms with Crippen molar-refractivity contribution >= 4 is 11.6 Å². The Bertz CT molecular complexity index is 366. The van der Waals surface area contributed by atoms with Crippen LogP contribution in [0.1, 0.15) is 12.5 Å². The molecule has 88 valence electrons. The second-order valence-electron chi connectivity index (χ2n) is 3.22. The van der Waals surface area contributed by atoms with Gasteiger partial charge in [0.05, 0.1) is 6.61 Å². The maximum absolute atomic E-state index is 5.64. The Kier molecular flexibility index (Phi) is 5.15. The fourth-order valence-electron chi connectivity index (χ4n) is 1.22. The molecule has 0 aliphatic carbocycles. The van der Waals surface area contributed by atoms with Crippen LogP contribution in [0.3, 0.4) is 0 Å². The standard InChI is InChI=1S/C12H16ClNO2/c1-3-15-12-6-10(7-14)4-5-11(12)16-8-9(2)13/h4-6H,2-3,7-8,14H2,1H3. The van der Waals surface area contributed by atoms with Gasteiger partial charge in [-0.3, -0.25) is 0 Å². The van der Waals surface area contributed by atoms with Gasteiger partial charge in [-0.2, -0.15) is 0 Å². The molecule has 3 nitrogen and oxygen atoms in total. The molecule has 0 atom stereocenters. The summed E-state index contributed by atoms with van der Waals surface area (Å²) in [6.45, 7) is 6.79. The van der Waals surface area contributed by atoms with Crippen molar-refractivity contribution in [2.45, 2.75) is 13.5 Å². The maximum Gasteiger partial charge on any atom is 0.161 e. The average Bonchev–Trinajstić information content (AvgIpc) is 2.27. The Morgan fingerprint density at radius 3 is 2.69 bits per heavy atom. The van der Waals surface area contributed by atoms with Crippen LogP contribution < -0.4 is 15.2 Å². The minimum Gasteiger partial charge on any atom is -0.490 e. The zero-order chi connectivity index (χ0) is 12.0. The van der Waals surface area contributed by atoms with Gasteiger partial charge in [-0.15, -0.1) is 0 Å². The third-order valence-electron chi connectivity index (χ3n) is 1.93. The van der Waals surface area contributed by atoms with Crippen LogP contribution in [0.2, 0.25) is 0 Å². The summed E-state index contributed by atoms with van der Waals surface area (Å²) < 4.78 is 10.9. The molecule has 0 aromatic heterocycles. The van der Waals surface area contributed by atoms with Crippen LogP contribution in [0.4, 0.5) is 0 Å². The molecule has 0 radical (unpaired) electrons. The molecule has 0 bridgehead atoms. The van der Waals surface area contributed by atoms with Gasteiger partial charge in [-0.1, -0.05) is 24.2 Å². The lowest BCUT2D eigenvalue weighted by molar-refractivity contribution is 0.295. The fraction of sp³-hybridized carbons (Fsp3) is 0.333. The van der Waals surface area contributed by atoms with Crippen LogP contribution in [0, 0.1) is 0 Å². The van der Waals surface area contributed by atoms with Gasteiger partial charge < -0.3 is 15.2 Å². The quantitative estimate of drug-likeness (QED) is 0.833. The van der Waals surface area contributed by atoms with Crippen LogP contribution >= 0.6 is 11.6 Å². The predicted molar refractivity (Wildman–Crippen MR) is 66.0 cm³/mol. The highest BCUT2D eigenvalue weighted by Gasteiger charge is 2.06. The predicted octanol–water partition coefficient (Wildman–Crippen LogP) is 2.68. The van der Waals surface area contributed by atoms with Crippen LogP contribution in [0.25, 0.3) is 0 Å². The minimum absolute atomic E-state index is 0.267. The number of halogens is 1. The lowest BCUT2D eigenvalue weighted by Gasteiger charge is -2.12. The van der Waals surface area contributed by atoms with E-state index >= 15 is 0 Å². The number of hydrogen-bond donors (Lipinski definition) is 1. The number of ether oxygens (including phenoxy) is 2. The zero-order valence-electron chi connectivity index (χ0n) is 9.33. The van der Waals surface area contributed by atoms with Gasteiger partial charge >= 0.3 is 0 Å². The number of rotatable bonds is 6. The van der Waals surface area contributed by atoms with Crippen molar-refractivity contribution in [2.75, 3.05) is 13.2 Å². The smallest absolute Gasteiger partial charge is 0.161 e. The summed E-state index contributed by atoms with van der Waals surface area (Å²) in [5, 5.41) is 0.449. The summed E-state index contributed by atoms with van der Waals surface area (Å²) in [4.78, 5) is 0. The lowest BCUT2D eigenvalue weighted by atomic mass is 10.2. The van der Waals surface area contributed by atoms with Crippen molar-refractivity contribution < 1.29 is 9.47 Å². The first kappa shape index (κ1) is 12.9. The lowest BCUT2D eigenvalue weighted by Crippen LogP contribution is -2.03. The van der Waals surface area contributed by atoms with Crippen molar-refractivity contribution in [3.8, 4) is 11.5 Å². The van der Waals surface area contributed by atoms with E-state index < -0.39 is 0 Å². The Morgan fingerprint density at radius 1 is 1.38 bits per heavy atom. The van der Waals surface area contributed by atoms with E-state index in [2.05, 4.69) is 6.58 Å².